The van der Waals surface area contributed by atoms with E-state index in [0.29, 0.717) is 30.4 Å². The van der Waals surface area contributed by atoms with Crippen LogP contribution in [0.3, 0.4) is 0 Å². The summed E-state index contributed by atoms with van der Waals surface area (Å²) >= 11 is 0. The lowest BCUT2D eigenvalue weighted by atomic mass is 10.1. The number of nitro benzene ring substituents is 1. The van der Waals surface area contributed by atoms with Crippen LogP contribution in [0.25, 0.3) is 0 Å². The summed E-state index contributed by atoms with van der Waals surface area (Å²) in [5, 5.41) is 13.8. The monoisotopic (exact) mass is 381 g/mol. The highest BCUT2D eigenvalue weighted by Crippen LogP contribution is 2.36. The van der Waals surface area contributed by atoms with Gasteiger partial charge in [0.15, 0.2) is 0 Å². The second-order valence-corrected chi connectivity index (χ2v) is 5.67. The second kappa shape index (κ2) is 8.07. The fourth-order valence-electron chi connectivity index (χ4n) is 2.51. The second-order valence-electron chi connectivity index (χ2n) is 5.67. The molecule has 1 amide bonds. The molecule has 27 heavy (non-hydrogen) atoms. The van der Waals surface area contributed by atoms with Gasteiger partial charge in [0.2, 0.25) is 0 Å². The van der Waals surface area contributed by atoms with Crippen LogP contribution in [0.2, 0.25) is 0 Å². The van der Waals surface area contributed by atoms with Gasteiger partial charge >= 0.3 is 6.18 Å². The van der Waals surface area contributed by atoms with Gasteiger partial charge in [-0.15, -0.1) is 0 Å². The summed E-state index contributed by atoms with van der Waals surface area (Å²) < 4.78 is 38.3. The molecule has 2 rings (SSSR count). The first-order valence-corrected chi connectivity index (χ1v) is 8.19. The molecule has 0 spiro atoms. The van der Waals surface area contributed by atoms with Crippen LogP contribution < -0.4 is 5.32 Å². The van der Waals surface area contributed by atoms with E-state index in [1.165, 1.54) is 12.1 Å². The number of nitrogens with one attached hydrogen (secondary N) is 1. The largest absolute Gasteiger partial charge is 0.416 e. The summed E-state index contributed by atoms with van der Waals surface area (Å²) in [6.07, 6.45) is -4.67. The van der Waals surface area contributed by atoms with Crippen molar-refractivity contribution in [1.29, 1.82) is 0 Å². The maximum Gasteiger partial charge on any atom is 0.416 e. The van der Waals surface area contributed by atoms with E-state index in [4.69, 9.17) is 0 Å². The average Bonchev–Trinajstić information content (AvgIpc) is 2.62. The minimum Gasteiger partial charge on any atom is -0.350 e. The van der Waals surface area contributed by atoms with Gasteiger partial charge in [-0.2, -0.15) is 13.2 Å². The Morgan fingerprint density at radius 2 is 1.70 bits per heavy atom. The summed E-state index contributed by atoms with van der Waals surface area (Å²) in [6, 6.07) is 8.46. The van der Waals surface area contributed by atoms with Gasteiger partial charge in [-0.05, 0) is 50.2 Å². The van der Waals surface area contributed by atoms with E-state index < -0.39 is 22.4 Å². The fourth-order valence-corrected chi connectivity index (χ4v) is 2.51. The number of hydrogen-bond donors (Lipinski definition) is 1. The zero-order valence-electron chi connectivity index (χ0n) is 14.7. The Morgan fingerprint density at radius 1 is 1.11 bits per heavy atom. The summed E-state index contributed by atoms with van der Waals surface area (Å²) in [4.78, 5) is 24.1. The van der Waals surface area contributed by atoms with Crippen LogP contribution in [0.1, 0.15) is 29.8 Å². The molecule has 0 aliphatic heterocycles. The van der Waals surface area contributed by atoms with Gasteiger partial charge in [0, 0.05) is 30.4 Å². The lowest BCUT2D eigenvalue weighted by Crippen LogP contribution is -2.30. The smallest absolute Gasteiger partial charge is 0.350 e. The summed E-state index contributed by atoms with van der Waals surface area (Å²) in [5.41, 5.74) is -0.996. The van der Waals surface area contributed by atoms with Crippen LogP contribution >= 0.6 is 0 Å². The van der Waals surface area contributed by atoms with Gasteiger partial charge in [-0.3, -0.25) is 14.9 Å². The Kier molecular flexibility index (Phi) is 6.04. The Bertz CT molecular complexity index is 832. The SMILES string of the molecule is CCN(CC)C(=O)c1ccc(Nc2ccc(C(F)(F)F)cc2[N+](=O)[O-])cc1. The Morgan fingerprint density at radius 3 is 2.19 bits per heavy atom. The van der Waals surface area contributed by atoms with Gasteiger partial charge in [-0.1, -0.05) is 0 Å². The number of nitro groups is 1. The number of nitrogens with zero attached hydrogens (tertiary/aromatic N) is 2. The Hall–Kier alpha value is -3.10. The number of halogens is 3. The minimum absolute atomic E-state index is 0.0733. The number of carbonyl (C=O) groups excluding carboxylic acids is 1. The molecule has 0 saturated heterocycles. The van der Waals surface area contributed by atoms with Crippen LogP contribution in [-0.2, 0) is 6.18 Å². The lowest BCUT2D eigenvalue weighted by molar-refractivity contribution is -0.384. The van der Waals surface area contributed by atoms with Gasteiger partial charge in [-0.25, -0.2) is 0 Å². The van der Waals surface area contributed by atoms with Crippen molar-refractivity contribution in [3.05, 3.63) is 63.7 Å². The van der Waals surface area contributed by atoms with E-state index in [2.05, 4.69) is 5.32 Å². The molecule has 0 radical (unpaired) electrons. The number of carbonyl (C=O) groups is 1. The number of alkyl halides is 3. The predicted octanol–water partition coefficient (Wildman–Crippen LogP) is 4.84. The molecule has 0 unspecified atom stereocenters. The van der Waals surface area contributed by atoms with Crippen molar-refractivity contribution >= 4 is 23.0 Å². The topological polar surface area (TPSA) is 75.5 Å². The molecule has 9 heteroatoms. The molecule has 0 saturated carbocycles. The third kappa shape index (κ3) is 4.75. The summed E-state index contributed by atoms with van der Waals surface area (Å²) in [7, 11) is 0. The number of anilines is 2. The molecule has 144 valence electrons. The van der Waals surface area contributed by atoms with E-state index in [-0.39, 0.29) is 11.6 Å². The highest BCUT2D eigenvalue weighted by Gasteiger charge is 2.33. The van der Waals surface area contributed by atoms with E-state index in [0.717, 1.165) is 12.1 Å². The predicted molar refractivity (Wildman–Crippen MR) is 95.1 cm³/mol. The molecular formula is C18H18F3N3O3. The van der Waals surface area contributed by atoms with Gasteiger partial charge in [0.1, 0.15) is 5.69 Å². The van der Waals surface area contributed by atoms with Crippen LogP contribution in [0.5, 0.6) is 0 Å². The van der Waals surface area contributed by atoms with Crippen molar-refractivity contribution in [2.45, 2.75) is 20.0 Å². The first-order valence-electron chi connectivity index (χ1n) is 8.19. The molecule has 1 N–H and O–H groups in total. The summed E-state index contributed by atoms with van der Waals surface area (Å²) in [6.45, 7) is 4.85. The zero-order chi connectivity index (χ0) is 20.2. The van der Waals surface area contributed by atoms with Crippen LogP contribution in [0.4, 0.5) is 30.2 Å². The number of rotatable bonds is 6. The first kappa shape index (κ1) is 20.2. The Balaban J connectivity index is 2.27. The third-order valence-electron chi connectivity index (χ3n) is 3.98. The van der Waals surface area contributed by atoms with E-state index in [1.54, 1.807) is 17.0 Å². The molecule has 0 heterocycles. The van der Waals surface area contributed by atoms with Crippen LogP contribution in [-0.4, -0.2) is 28.8 Å². The molecule has 2 aromatic carbocycles. The number of amides is 1. The van der Waals surface area contributed by atoms with Crippen molar-refractivity contribution in [3.63, 3.8) is 0 Å². The zero-order valence-corrected chi connectivity index (χ0v) is 14.7. The molecule has 0 fully saturated rings. The Labute approximate surface area is 153 Å². The summed E-state index contributed by atoms with van der Waals surface area (Å²) in [5.74, 6) is -0.146. The molecule has 0 atom stereocenters. The molecule has 0 aliphatic carbocycles. The first-order chi connectivity index (χ1) is 12.7. The maximum absolute atomic E-state index is 12.8. The normalized spacial score (nSPS) is 11.1. The van der Waals surface area contributed by atoms with Crippen LogP contribution in [0, 0.1) is 10.1 Å². The van der Waals surface area contributed by atoms with Crippen molar-refractivity contribution in [3.8, 4) is 0 Å². The van der Waals surface area contributed by atoms with Crippen molar-refractivity contribution in [2.75, 3.05) is 18.4 Å². The van der Waals surface area contributed by atoms with Crippen molar-refractivity contribution < 1.29 is 22.9 Å². The molecule has 2 aromatic rings. The number of hydrogen-bond acceptors (Lipinski definition) is 4. The van der Waals surface area contributed by atoms with Crippen molar-refractivity contribution in [1.82, 2.24) is 4.90 Å². The maximum atomic E-state index is 12.8. The van der Waals surface area contributed by atoms with Gasteiger partial charge < -0.3 is 10.2 Å². The van der Waals surface area contributed by atoms with Gasteiger partial charge in [0.05, 0.1) is 10.5 Å². The molecule has 0 aromatic heterocycles. The molecule has 0 aliphatic rings. The van der Waals surface area contributed by atoms with E-state index in [1.807, 2.05) is 13.8 Å². The number of benzene rings is 2. The lowest BCUT2D eigenvalue weighted by Gasteiger charge is -2.18. The van der Waals surface area contributed by atoms with Crippen molar-refractivity contribution in [2.24, 2.45) is 0 Å². The highest BCUT2D eigenvalue weighted by atomic mass is 19.4. The fraction of sp³-hybridized carbons (Fsp3) is 0.278. The highest BCUT2D eigenvalue weighted by molar-refractivity contribution is 5.94. The molecule has 6 nitrogen and oxygen atoms in total. The minimum atomic E-state index is -4.67. The van der Waals surface area contributed by atoms with E-state index in [9.17, 15) is 28.1 Å². The molecule has 0 bridgehead atoms. The van der Waals surface area contributed by atoms with E-state index >= 15 is 0 Å². The van der Waals surface area contributed by atoms with Gasteiger partial charge in [0.25, 0.3) is 11.6 Å². The third-order valence-corrected chi connectivity index (χ3v) is 3.98. The standard InChI is InChI=1S/C18H18F3N3O3/c1-3-23(4-2)17(25)12-5-8-14(9-6-12)22-15-10-7-13(18(19,20)21)11-16(15)24(26)27/h5-11,22H,3-4H2,1-2H3. The molecular weight excluding hydrogens is 363 g/mol. The quantitative estimate of drug-likeness (QED) is 0.574. The van der Waals surface area contributed by atoms with Crippen LogP contribution in [0.15, 0.2) is 42.5 Å². The average molecular weight is 381 g/mol.